The zero-order valence-electron chi connectivity index (χ0n) is 16.0. The van der Waals surface area contributed by atoms with Gasteiger partial charge in [-0.05, 0) is 32.1 Å². The lowest BCUT2D eigenvalue weighted by Crippen LogP contribution is -2.42. The Morgan fingerprint density at radius 3 is 2.86 bits per heavy atom. The molecule has 1 atom stereocenters. The fraction of sp³-hybridized carbons (Fsp3) is 0.529. The van der Waals surface area contributed by atoms with E-state index >= 15 is 0 Å². The molecule has 6 N–H and O–H groups in total. The van der Waals surface area contributed by atoms with Gasteiger partial charge in [-0.15, -0.1) is 0 Å². The van der Waals surface area contributed by atoms with Crippen molar-refractivity contribution < 1.29 is 19.4 Å². The van der Waals surface area contributed by atoms with Gasteiger partial charge in [-0.3, -0.25) is 5.41 Å². The first-order chi connectivity index (χ1) is 14.0. The molecule has 0 aromatic carbocycles. The average molecular weight is 406 g/mol. The third kappa shape index (κ3) is 7.60. The molecule has 0 spiro atoms. The minimum atomic E-state index is -1.14. The number of aromatic nitrogens is 4. The summed E-state index contributed by atoms with van der Waals surface area (Å²) in [7, 11) is 0. The van der Waals surface area contributed by atoms with Crippen LogP contribution in [0.3, 0.4) is 0 Å². The summed E-state index contributed by atoms with van der Waals surface area (Å²) < 4.78 is 7.00. The number of ether oxygens (including phenoxy) is 1. The van der Waals surface area contributed by atoms with Crippen LogP contribution in [0.1, 0.15) is 32.1 Å². The second-order valence-electron chi connectivity index (χ2n) is 6.38. The van der Waals surface area contributed by atoms with E-state index in [0.717, 1.165) is 30.6 Å². The maximum atomic E-state index is 11.8. The Kier molecular flexibility index (Phi) is 8.60. The molecule has 0 bridgehead atoms. The van der Waals surface area contributed by atoms with Crippen LogP contribution in [0.4, 0.5) is 4.79 Å². The number of nitrogens with one attached hydrogen (secondary N) is 3. The Morgan fingerprint density at radius 1 is 1.28 bits per heavy atom. The fourth-order valence-corrected chi connectivity index (χ4v) is 2.67. The molecule has 2 rings (SSSR count). The molecule has 0 fully saturated rings. The van der Waals surface area contributed by atoms with E-state index in [1.165, 1.54) is 6.33 Å². The van der Waals surface area contributed by atoms with Gasteiger partial charge >= 0.3 is 12.1 Å². The first kappa shape index (κ1) is 21.9. The van der Waals surface area contributed by atoms with E-state index in [-0.39, 0.29) is 19.0 Å². The average Bonchev–Trinajstić information content (AvgIpc) is 3.09. The predicted molar refractivity (Wildman–Crippen MR) is 104 cm³/mol. The number of fused-ring (bicyclic) bond motifs is 1. The van der Waals surface area contributed by atoms with Crippen molar-refractivity contribution in [1.29, 1.82) is 5.41 Å². The van der Waals surface area contributed by atoms with Gasteiger partial charge in [0.1, 0.15) is 17.9 Å². The third-order valence-electron chi connectivity index (χ3n) is 4.13. The van der Waals surface area contributed by atoms with E-state index in [1.54, 1.807) is 12.5 Å². The minimum absolute atomic E-state index is 0.182. The zero-order chi connectivity index (χ0) is 21.1. The van der Waals surface area contributed by atoms with Crippen molar-refractivity contribution in [2.45, 2.75) is 44.7 Å². The molecule has 2 aromatic rings. The van der Waals surface area contributed by atoms with Gasteiger partial charge in [0.2, 0.25) is 0 Å². The molecular weight excluding hydrogens is 380 g/mol. The van der Waals surface area contributed by atoms with Crippen LogP contribution in [0.25, 0.3) is 11.2 Å². The summed E-state index contributed by atoms with van der Waals surface area (Å²) in [5.41, 5.74) is 6.68. The number of carboxylic acid groups (broad SMARTS) is 1. The van der Waals surface area contributed by atoms with Crippen LogP contribution < -0.4 is 16.4 Å². The van der Waals surface area contributed by atoms with E-state index < -0.39 is 18.1 Å². The van der Waals surface area contributed by atoms with E-state index in [0.29, 0.717) is 19.4 Å². The highest BCUT2D eigenvalue weighted by Crippen LogP contribution is 2.09. The zero-order valence-corrected chi connectivity index (χ0v) is 16.0. The molecule has 0 unspecified atom stereocenters. The number of hydrogen-bond acceptors (Lipinski definition) is 7. The number of alkyl carbamates (subject to hydrolysis) is 1. The van der Waals surface area contributed by atoms with E-state index in [9.17, 15) is 9.59 Å². The number of carboxylic acids is 1. The van der Waals surface area contributed by atoms with E-state index in [4.69, 9.17) is 21.0 Å². The first-order valence-electron chi connectivity index (χ1n) is 9.32. The molecule has 29 heavy (non-hydrogen) atoms. The summed E-state index contributed by atoms with van der Waals surface area (Å²) in [4.78, 5) is 35.3. The van der Waals surface area contributed by atoms with Gasteiger partial charge in [-0.25, -0.2) is 24.5 Å². The van der Waals surface area contributed by atoms with Crippen LogP contribution in [0.2, 0.25) is 0 Å². The number of amides is 1. The molecule has 0 aliphatic rings. The van der Waals surface area contributed by atoms with Crippen LogP contribution in [0.5, 0.6) is 0 Å². The Hall–Kier alpha value is -3.44. The second kappa shape index (κ2) is 11.4. The van der Waals surface area contributed by atoms with Crippen molar-refractivity contribution >= 4 is 29.2 Å². The van der Waals surface area contributed by atoms with Crippen molar-refractivity contribution in [2.75, 3.05) is 13.2 Å². The molecular formula is C17H26N8O4. The van der Waals surface area contributed by atoms with Gasteiger partial charge in [-0.1, -0.05) is 0 Å². The highest BCUT2D eigenvalue weighted by Gasteiger charge is 2.20. The van der Waals surface area contributed by atoms with Crippen molar-refractivity contribution in [3.63, 3.8) is 0 Å². The number of guanidine groups is 1. The van der Waals surface area contributed by atoms with Crippen LogP contribution in [0, 0.1) is 5.41 Å². The quantitative estimate of drug-likeness (QED) is 0.190. The van der Waals surface area contributed by atoms with E-state index in [1.807, 2.05) is 4.57 Å². The highest BCUT2D eigenvalue weighted by molar-refractivity contribution is 5.79. The molecule has 0 aliphatic carbocycles. The molecule has 2 heterocycles. The molecule has 0 aliphatic heterocycles. The van der Waals surface area contributed by atoms with Crippen molar-refractivity contribution in [3.8, 4) is 0 Å². The van der Waals surface area contributed by atoms with Crippen LogP contribution >= 0.6 is 0 Å². The maximum Gasteiger partial charge on any atom is 0.407 e. The summed E-state index contributed by atoms with van der Waals surface area (Å²) >= 11 is 0. The van der Waals surface area contributed by atoms with Gasteiger partial charge in [0, 0.05) is 13.1 Å². The number of unbranched alkanes of at least 4 members (excludes halogenated alkanes) is 2. The van der Waals surface area contributed by atoms with Crippen molar-refractivity contribution in [3.05, 3.63) is 18.9 Å². The van der Waals surface area contributed by atoms with Crippen LogP contribution in [0.15, 0.2) is 18.9 Å². The number of imidazole rings is 1. The standard InChI is InChI=1S/C17H26N8O4/c18-16(19)21-6-4-5-12(15(26)27)24-17(28)29-8-3-1-2-7-25-11-23-13-9-20-10-22-14(13)25/h9-12H,1-8H2,(H,24,28)(H,26,27)(H4,18,19,21)/t12-/m1/s1. The number of nitrogens with two attached hydrogens (primary N) is 1. The van der Waals surface area contributed by atoms with Crippen LogP contribution in [-0.2, 0) is 16.1 Å². The minimum Gasteiger partial charge on any atom is -0.480 e. The number of aryl methyl sites for hydroxylation is 1. The topological polar surface area (TPSA) is 181 Å². The highest BCUT2D eigenvalue weighted by atomic mass is 16.5. The summed E-state index contributed by atoms with van der Waals surface area (Å²) in [5.74, 6) is -1.32. The number of nitrogens with zero attached hydrogens (tertiary/aromatic N) is 4. The van der Waals surface area contributed by atoms with Gasteiger partial charge in [0.05, 0.1) is 19.1 Å². The Labute approximate surface area is 167 Å². The normalized spacial score (nSPS) is 11.7. The number of hydrogen-bond donors (Lipinski definition) is 5. The smallest absolute Gasteiger partial charge is 0.407 e. The Balaban J connectivity index is 1.59. The van der Waals surface area contributed by atoms with Crippen LogP contribution in [-0.4, -0.2) is 61.8 Å². The number of rotatable bonds is 12. The lowest BCUT2D eigenvalue weighted by molar-refractivity contribution is -0.139. The fourth-order valence-electron chi connectivity index (χ4n) is 2.67. The number of aliphatic carboxylic acids is 1. The molecule has 158 valence electrons. The molecule has 0 radical (unpaired) electrons. The van der Waals surface area contributed by atoms with Gasteiger partial charge in [0.15, 0.2) is 11.6 Å². The van der Waals surface area contributed by atoms with Gasteiger partial charge < -0.3 is 30.8 Å². The van der Waals surface area contributed by atoms with Gasteiger partial charge in [-0.2, -0.15) is 0 Å². The predicted octanol–water partition coefficient (Wildman–Crippen LogP) is 0.439. The van der Waals surface area contributed by atoms with Crippen molar-refractivity contribution in [1.82, 2.24) is 30.2 Å². The summed E-state index contributed by atoms with van der Waals surface area (Å²) in [6.45, 7) is 1.31. The SMILES string of the molecule is N=C(N)NCCC[C@@H](NC(=O)OCCCCCn1cnc2cncnc21)C(=O)O. The molecule has 12 heteroatoms. The lowest BCUT2D eigenvalue weighted by Gasteiger charge is -2.14. The van der Waals surface area contributed by atoms with Crippen molar-refractivity contribution in [2.24, 2.45) is 5.73 Å². The summed E-state index contributed by atoms with van der Waals surface area (Å²) in [5, 5.41) is 21.1. The third-order valence-corrected chi connectivity index (χ3v) is 4.13. The summed E-state index contributed by atoms with van der Waals surface area (Å²) in [6, 6.07) is -1.05. The molecule has 2 aromatic heterocycles. The van der Waals surface area contributed by atoms with Gasteiger partial charge in [0.25, 0.3) is 0 Å². The Bertz CT molecular complexity index is 825. The monoisotopic (exact) mass is 406 g/mol. The maximum absolute atomic E-state index is 11.8. The first-order valence-corrected chi connectivity index (χ1v) is 9.32. The summed E-state index contributed by atoms with van der Waals surface area (Å²) in [6.07, 6.45) is 7.11. The lowest BCUT2D eigenvalue weighted by atomic mass is 10.1. The Morgan fingerprint density at radius 2 is 2.10 bits per heavy atom. The second-order valence-corrected chi connectivity index (χ2v) is 6.38. The molecule has 0 saturated carbocycles. The largest absolute Gasteiger partial charge is 0.480 e. The molecule has 0 saturated heterocycles. The van der Waals surface area contributed by atoms with E-state index in [2.05, 4.69) is 25.6 Å². The number of carbonyl (C=O) groups is 2. The number of carbonyl (C=O) groups excluding carboxylic acids is 1. The molecule has 12 nitrogen and oxygen atoms in total. The molecule has 1 amide bonds.